The first kappa shape index (κ1) is 14.1. The van der Waals surface area contributed by atoms with Gasteiger partial charge in [-0.1, -0.05) is 53.5 Å². The normalized spacial score (nSPS) is 21.4. The number of rotatable bonds is 2. The molecule has 0 aliphatic carbocycles. The van der Waals surface area contributed by atoms with Gasteiger partial charge in [0, 0.05) is 16.5 Å². The van der Waals surface area contributed by atoms with Crippen LogP contribution in [0.1, 0.15) is 17.5 Å². The topological polar surface area (TPSA) is 46.2 Å². The predicted octanol–water partition coefficient (Wildman–Crippen LogP) is 3.33. The summed E-state index contributed by atoms with van der Waals surface area (Å²) in [5.41, 5.74) is 0.223. The van der Waals surface area contributed by atoms with Crippen molar-refractivity contribution in [2.75, 3.05) is 0 Å². The first-order valence-corrected chi connectivity index (χ1v) is 7.15. The molecule has 106 valence electrons. The van der Waals surface area contributed by atoms with Crippen LogP contribution in [0.4, 0.5) is 0 Å². The van der Waals surface area contributed by atoms with Crippen LogP contribution in [0, 0.1) is 0 Å². The molecule has 0 saturated carbocycles. The third kappa shape index (κ3) is 2.23. The molecule has 2 aromatic carbocycles. The van der Waals surface area contributed by atoms with Gasteiger partial charge in [0.2, 0.25) is 11.8 Å². The maximum absolute atomic E-state index is 12.5. The monoisotopic (exact) mass is 319 g/mol. The summed E-state index contributed by atoms with van der Waals surface area (Å²) in [7, 11) is 0. The van der Waals surface area contributed by atoms with Crippen molar-refractivity contribution >= 4 is 35.0 Å². The van der Waals surface area contributed by atoms with Gasteiger partial charge in [-0.25, -0.2) is 0 Å². The van der Waals surface area contributed by atoms with E-state index >= 15 is 0 Å². The Morgan fingerprint density at radius 2 is 1.62 bits per heavy atom. The van der Waals surface area contributed by atoms with E-state index in [9.17, 15) is 9.59 Å². The Kier molecular flexibility index (Phi) is 3.47. The summed E-state index contributed by atoms with van der Waals surface area (Å²) >= 11 is 12.2. The Morgan fingerprint density at radius 3 is 2.19 bits per heavy atom. The SMILES string of the molecule is O=C1C[C@](c2ccc(Cl)cc2)(c2ccccc2Cl)C(=O)N1. The van der Waals surface area contributed by atoms with Crippen molar-refractivity contribution in [3.05, 3.63) is 69.7 Å². The Bertz CT molecular complexity index is 727. The van der Waals surface area contributed by atoms with Gasteiger partial charge >= 0.3 is 0 Å². The second-order valence-electron chi connectivity index (χ2n) is 4.95. The zero-order valence-corrected chi connectivity index (χ0v) is 12.4. The van der Waals surface area contributed by atoms with Crippen LogP contribution in [0.3, 0.4) is 0 Å². The van der Waals surface area contributed by atoms with Crippen LogP contribution < -0.4 is 5.32 Å². The summed E-state index contributed by atoms with van der Waals surface area (Å²) in [5, 5.41) is 3.40. The molecule has 2 amide bonds. The largest absolute Gasteiger partial charge is 0.295 e. The fourth-order valence-electron chi connectivity index (χ4n) is 2.75. The van der Waals surface area contributed by atoms with E-state index in [0.29, 0.717) is 21.2 Å². The summed E-state index contributed by atoms with van der Waals surface area (Å²) in [6.07, 6.45) is 0.0389. The fourth-order valence-corrected chi connectivity index (χ4v) is 3.17. The molecule has 0 radical (unpaired) electrons. The first-order chi connectivity index (χ1) is 10.0. The van der Waals surface area contributed by atoms with Crippen LogP contribution in [0.25, 0.3) is 0 Å². The lowest BCUT2D eigenvalue weighted by molar-refractivity contribution is -0.125. The van der Waals surface area contributed by atoms with E-state index in [1.54, 1.807) is 48.5 Å². The van der Waals surface area contributed by atoms with Crippen molar-refractivity contribution < 1.29 is 9.59 Å². The van der Waals surface area contributed by atoms with Gasteiger partial charge in [-0.2, -0.15) is 0 Å². The van der Waals surface area contributed by atoms with Crippen LogP contribution in [0.5, 0.6) is 0 Å². The molecule has 1 fully saturated rings. The molecule has 1 N–H and O–H groups in total. The number of hydrogen-bond donors (Lipinski definition) is 1. The van der Waals surface area contributed by atoms with Crippen LogP contribution in [0.15, 0.2) is 48.5 Å². The lowest BCUT2D eigenvalue weighted by Gasteiger charge is -2.27. The Labute approximate surface area is 131 Å². The summed E-state index contributed by atoms with van der Waals surface area (Å²) in [6, 6.07) is 14.0. The molecule has 0 aromatic heterocycles. The molecule has 0 bridgehead atoms. The molecule has 5 heteroatoms. The van der Waals surface area contributed by atoms with Gasteiger partial charge in [0.15, 0.2) is 0 Å². The van der Waals surface area contributed by atoms with Crippen molar-refractivity contribution in [2.24, 2.45) is 0 Å². The second-order valence-corrected chi connectivity index (χ2v) is 5.79. The second kappa shape index (κ2) is 5.17. The summed E-state index contributed by atoms with van der Waals surface area (Å²) < 4.78 is 0. The molecule has 1 heterocycles. The molecule has 1 aliphatic heterocycles. The van der Waals surface area contributed by atoms with Crippen LogP contribution in [-0.4, -0.2) is 11.8 Å². The minimum Gasteiger partial charge on any atom is -0.295 e. The lowest BCUT2D eigenvalue weighted by atomic mass is 9.73. The summed E-state index contributed by atoms with van der Waals surface area (Å²) in [5.74, 6) is -0.669. The Morgan fingerprint density at radius 1 is 0.952 bits per heavy atom. The zero-order chi connectivity index (χ0) is 15.0. The third-order valence-corrected chi connectivity index (χ3v) is 4.32. The minimum atomic E-state index is -1.10. The van der Waals surface area contributed by atoms with Crippen molar-refractivity contribution in [2.45, 2.75) is 11.8 Å². The molecule has 3 nitrogen and oxygen atoms in total. The average molecular weight is 320 g/mol. The highest BCUT2D eigenvalue weighted by atomic mass is 35.5. The van der Waals surface area contributed by atoms with Crippen LogP contribution in [0.2, 0.25) is 10.0 Å². The number of carbonyl (C=O) groups is 2. The smallest absolute Gasteiger partial charge is 0.242 e. The number of benzene rings is 2. The Hall–Kier alpha value is -1.84. The third-order valence-electron chi connectivity index (χ3n) is 3.74. The van der Waals surface area contributed by atoms with Crippen molar-refractivity contribution in [1.29, 1.82) is 0 Å². The quantitative estimate of drug-likeness (QED) is 0.863. The maximum atomic E-state index is 12.5. The molecular weight excluding hydrogens is 309 g/mol. The molecule has 0 unspecified atom stereocenters. The highest BCUT2D eigenvalue weighted by Crippen LogP contribution is 2.42. The van der Waals surface area contributed by atoms with E-state index in [1.165, 1.54) is 0 Å². The standard InChI is InChI=1S/C16H11Cl2NO2/c17-11-7-5-10(6-8-11)16(9-14(20)19-15(16)21)12-3-1-2-4-13(12)18/h1-8H,9H2,(H,19,20,21)/t16-/m0/s1. The van der Waals surface area contributed by atoms with Gasteiger partial charge in [-0.05, 0) is 29.3 Å². The molecule has 21 heavy (non-hydrogen) atoms. The molecule has 1 saturated heterocycles. The van der Waals surface area contributed by atoms with E-state index in [4.69, 9.17) is 23.2 Å². The average Bonchev–Trinajstić information content (AvgIpc) is 2.76. The number of halogens is 2. The van der Waals surface area contributed by atoms with Gasteiger partial charge < -0.3 is 0 Å². The van der Waals surface area contributed by atoms with Gasteiger partial charge in [0.25, 0.3) is 0 Å². The number of carbonyl (C=O) groups excluding carboxylic acids is 2. The molecule has 1 aliphatic rings. The summed E-state index contributed by atoms with van der Waals surface area (Å²) in [4.78, 5) is 24.3. The fraction of sp³-hybridized carbons (Fsp3) is 0.125. The minimum absolute atomic E-state index is 0.0389. The Balaban J connectivity index is 2.26. The molecule has 0 spiro atoms. The molecule has 3 rings (SSSR count). The zero-order valence-electron chi connectivity index (χ0n) is 10.9. The van der Waals surface area contributed by atoms with Crippen LogP contribution >= 0.6 is 23.2 Å². The molecular formula is C16H11Cl2NO2. The van der Waals surface area contributed by atoms with Gasteiger partial charge in [0.1, 0.15) is 5.41 Å². The first-order valence-electron chi connectivity index (χ1n) is 6.39. The van der Waals surface area contributed by atoms with Gasteiger partial charge in [0.05, 0.1) is 0 Å². The van der Waals surface area contributed by atoms with Gasteiger partial charge in [-0.15, -0.1) is 0 Å². The predicted molar refractivity (Wildman–Crippen MR) is 81.5 cm³/mol. The highest BCUT2D eigenvalue weighted by Gasteiger charge is 2.50. The van der Waals surface area contributed by atoms with Crippen molar-refractivity contribution in [3.8, 4) is 0 Å². The van der Waals surface area contributed by atoms with E-state index in [0.717, 1.165) is 0 Å². The number of nitrogens with one attached hydrogen (secondary N) is 1. The van der Waals surface area contributed by atoms with Crippen LogP contribution in [-0.2, 0) is 15.0 Å². The number of hydrogen-bond acceptors (Lipinski definition) is 2. The van der Waals surface area contributed by atoms with E-state index in [1.807, 2.05) is 0 Å². The van der Waals surface area contributed by atoms with E-state index < -0.39 is 5.41 Å². The molecule has 2 aromatic rings. The lowest BCUT2D eigenvalue weighted by Crippen LogP contribution is -2.37. The van der Waals surface area contributed by atoms with E-state index in [-0.39, 0.29) is 18.2 Å². The number of imide groups is 1. The summed E-state index contributed by atoms with van der Waals surface area (Å²) in [6.45, 7) is 0. The van der Waals surface area contributed by atoms with Crippen molar-refractivity contribution in [3.63, 3.8) is 0 Å². The molecule has 1 atom stereocenters. The van der Waals surface area contributed by atoms with Crippen molar-refractivity contribution in [1.82, 2.24) is 5.32 Å². The van der Waals surface area contributed by atoms with Gasteiger partial charge in [-0.3, -0.25) is 14.9 Å². The van der Waals surface area contributed by atoms with E-state index in [2.05, 4.69) is 5.32 Å². The highest BCUT2D eigenvalue weighted by molar-refractivity contribution is 6.32. The maximum Gasteiger partial charge on any atom is 0.242 e. The number of amides is 2.